The SMILES string of the molecule is CC.CC.Cc1ccc(N2CCC3(CC2)Oc2cccnc2NC3=O)cc1. The van der Waals surface area contributed by atoms with Crippen LogP contribution in [0.25, 0.3) is 0 Å². The van der Waals surface area contributed by atoms with E-state index in [1.54, 1.807) is 6.20 Å². The lowest BCUT2D eigenvalue weighted by molar-refractivity contribution is -0.134. The van der Waals surface area contributed by atoms with E-state index in [-0.39, 0.29) is 5.91 Å². The number of hydrogen-bond acceptors (Lipinski definition) is 4. The van der Waals surface area contributed by atoms with Gasteiger partial charge >= 0.3 is 0 Å². The molecule has 1 amide bonds. The van der Waals surface area contributed by atoms with Crippen LogP contribution in [0.3, 0.4) is 0 Å². The predicted molar refractivity (Wildman–Crippen MR) is 112 cm³/mol. The van der Waals surface area contributed by atoms with E-state index in [9.17, 15) is 4.79 Å². The molecule has 5 nitrogen and oxygen atoms in total. The van der Waals surface area contributed by atoms with Crippen molar-refractivity contribution < 1.29 is 9.53 Å². The average molecular weight is 370 g/mol. The van der Waals surface area contributed by atoms with Crippen molar-refractivity contribution in [2.75, 3.05) is 23.3 Å². The molecule has 0 aliphatic carbocycles. The van der Waals surface area contributed by atoms with E-state index in [0.29, 0.717) is 24.4 Å². The Bertz CT molecular complexity index is 735. The molecule has 2 aliphatic rings. The third-order valence-electron chi connectivity index (χ3n) is 4.69. The van der Waals surface area contributed by atoms with Gasteiger partial charge in [0.1, 0.15) is 0 Å². The first kappa shape index (κ1) is 20.7. The Hall–Kier alpha value is -2.56. The molecule has 1 saturated heterocycles. The van der Waals surface area contributed by atoms with E-state index >= 15 is 0 Å². The Labute approximate surface area is 162 Å². The molecule has 1 fully saturated rings. The molecule has 0 unspecified atom stereocenters. The number of ether oxygens (including phenoxy) is 1. The van der Waals surface area contributed by atoms with Crippen LogP contribution < -0.4 is 15.0 Å². The topological polar surface area (TPSA) is 54.5 Å². The van der Waals surface area contributed by atoms with Crippen molar-refractivity contribution in [1.29, 1.82) is 0 Å². The fraction of sp³-hybridized carbons (Fsp3) is 0.455. The maximum atomic E-state index is 12.5. The van der Waals surface area contributed by atoms with Gasteiger partial charge in [-0.25, -0.2) is 4.98 Å². The fourth-order valence-electron chi connectivity index (χ4n) is 3.26. The number of nitrogens with zero attached hydrogens (tertiary/aromatic N) is 2. The molecule has 4 rings (SSSR count). The quantitative estimate of drug-likeness (QED) is 0.783. The molecule has 1 aromatic heterocycles. The molecule has 0 bridgehead atoms. The van der Waals surface area contributed by atoms with Crippen molar-refractivity contribution in [2.24, 2.45) is 0 Å². The monoisotopic (exact) mass is 369 g/mol. The van der Waals surface area contributed by atoms with Gasteiger partial charge < -0.3 is 15.0 Å². The fourth-order valence-corrected chi connectivity index (χ4v) is 3.26. The normalized spacial score (nSPS) is 16.6. The van der Waals surface area contributed by atoms with Crippen molar-refractivity contribution in [3.8, 4) is 5.75 Å². The third-order valence-corrected chi connectivity index (χ3v) is 4.69. The number of amides is 1. The van der Waals surface area contributed by atoms with Gasteiger partial charge in [-0.05, 0) is 31.2 Å². The first-order chi connectivity index (χ1) is 13.2. The van der Waals surface area contributed by atoms with Crippen LogP contribution in [0, 0.1) is 6.92 Å². The number of rotatable bonds is 1. The summed E-state index contributed by atoms with van der Waals surface area (Å²) >= 11 is 0. The minimum Gasteiger partial charge on any atom is -0.473 e. The second-order valence-corrected chi connectivity index (χ2v) is 6.22. The smallest absolute Gasteiger partial charge is 0.269 e. The highest BCUT2D eigenvalue weighted by atomic mass is 16.5. The molecule has 27 heavy (non-hydrogen) atoms. The lowest BCUT2D eigenvalue weighted by Gasteiger charge is -2.43. The number of nitrogens with one attached hydrogen (secondary N) is 1. The number of carbonyl (C=O) groups is 1. The van der Waals surface area contributed by atoms with Crippen LogP contribution in [0.5, 0.6) is 5.75 Å². The van der Waals surface area contributed by atoms with E-state index < -0.39 is 5.60 Å². The average Bonchev–Trinajstić information content (AvgIpc) is 2.73. The summed E-state index contributed by atoms with van der Waals surface area (Å²) in [6.07, 6.45) is 2.99. The third kappa shape index (κ3) is 4.41. The summed E-state index contributed by atoms with van der Waals surface area (Å²) in [5, 5.41) is 2.89. The molecule has 0 radical (unpaired) electrons. The Morgan fingerprint density at radius 2 is 1.67 bits per heavy atom. The van der Waals surface area contributed by atoms with Crippen LogP contribution in [0.1, 0.15) is 46.1 Å². The standard InChI is InChI=1S/C18H19N3O2.2C2H6/c1-13-4-6-14(7-5-13)21-11-8-18(9-12-21)17(22)20-16-15(23-18)3-2-10-19-16;2*1-2/h2-7,10H,8-9,11-12H2,1H3,(H,19,20,22);2*1-2H3. The maximum Gasteiger partial charge on any atom is 0.269 e. The maximum absolute atomic E-state index is 12.5. The predicted octanol–water partition coefficient (Wildman–Crippen LogP) is 4.81. The van der Waals surface area contributed by atoms with E-state index in [1.807, 2.05) is 39.8 Å². The minimum absolute atomic E-state index is 0.0766. The number of benzene rings is 1. The molecular weight excluding hydrogens is 338 g/mol. The lowest BCUT2D eigenvalue weighted by atomic mass is 9.88. The molecule has 0 atom stereocenters. The molecule has 3 heterocycles. The molecule has 146 valence electrons. The summed E-state index contributed by atoms with van der Waals surface area (Å²) in [7, 11) is 0. The molecular formula is C22H31N3O2. The summed E-state index contributed by atoms with van der Waals surface area (Å²) in [6, 6.07) is 12.2. The van der Waals surface area contributed by atoms with Crippen LogP contribution in [0.2, 0.25) is 0 Å². The zero-order valence-corrected chi connectivity index (χ0v) is 17.1. The molecule has 5 heteroatoms. The zero-order chi connectivity index (χ0) is 19.9. The Kier molecular flexibility index (Phi) is 7.22. The first-order valence-electron chi connectivity index (χ1n) is 9.93. The highest BCUT2D eigenvalue weighted by molar-refractivity contribution is 6.00. The molecule has 1 aromatic carbocycles. The Morgan fingerprint density at radius 3 is 2.30 bits per heavy atom. The summed E-state index contributed by atoms with van der Waals surface area (Å²) in [5.74, 6) is 1.10. The molecule has 1 spiro atoms. The van der Waals surface area contributed by atoms with Crippen molar-refractivity contribution in [2.45, 2.75) is 53.1 Å². The van der Waals surface area contributed by atoms with E-state index in [0.717, 1.165) is 13.1 Å². The highest BCUT2D eigenvalue weighted by Gasteiger charge is 2.47. The molecule has 2 aromatic rings. The largest absolute Gasteiger partial charge is 0.473 e. The molecule has 0 saturated carbocycles. The molecule has 2 aliphatic heterocycles. The van der Waals surface area contributed by atoms with Gasteiger partial charge in [0, 0.05) is 37.8 Å². The van der Waals surface area contributed by atoms with Crippen LogP contribution >= 0.6 is 0 Å². The van der Waals surface area contributed by atoms with Gasteiger partial charge in [0.25, 0.3) is 5.91 Å². The lowest BCUT2D eigenvalue weighted by Crippen LogP contribution is -2.57. The second-order valence-electron chi connectivity index (χ2n) is 6.22. The van der Waals surface area contributed by atoms with Gasteiger partial charge in [-0.3, -0.25) is 4.79 Å². The number of aryl methyl sites for hydroxylation is 1. The minimum atomic E-state index is -0.767. The zero-order valence-electron chi connectivity index (χ0n) is 17.1. The van der Waals surface area contributed by atoms with Gasteiger partial charge in [0.15, 0.2) is 17.2 Å². The van der Waals surface area contributed by atoms with Crippen LogP contribution in [0.15, 0.2) is 42.6 Å². The summed E-state index contributed by atoms with van der Waals surface area (Å²) in [5.41, 5.74) is 1.68. The number of pyridine rings is 1. The second kappa shape index (κ2) is 9.40. The van der Waals surface area contributed by atoms with Crippen molar-refractivity contribution in [1.82, 2.24) is 4.98 Å². The van der Waals surface area contributed by atoms with Crippen LogP contribution in [-0.4, -0.2) is 29.6 Å². The molecule has 1 N–H and O–H groups in total. The van der Waals surface area contributed by atoms with Crippen molar-refractivity contribution in [3.05, 3.63) is 48.2 Å². The van der Waals surface area contributed by atoms with Crippen LogP contribution in [0.4, 0.5) is 11.5 Å². The number of piperidine rings is 1. The van der Waals surface area contributed by atoms with Crippen molar-refractivity contribution >= 4 is 17.4 Å². The van der Waals surface area contributed by atoms with Gasteiger partial charge in [-0.1, -0.05) is 45.4 Å². The number of carbonyl (C=O) groups excluding carboxylic acids is 1. The van der Waals surface area contributed by atoms with Crippen molar-refractivity contribution in [3.63, 3.8) is 0 Å². The highest BCUT2D eigenvalue weighted by Crippen LogP contribution is 2.38. The van der Waals surface area contributed by atoms with E-state index in [4.69, 9.17) is 4.74 Å². The summed E-state index contributed by atoms with van der Waals surface area (Å²) in [6.45, 7) is 11.7. The number of hydrogen-bond donors (Lipinski definition) is 1. The van der Waals surface area contributed by atoms with E-state index in [2.05, 4.69) is 46.4 Å². The van der Waals surface area contributed by atoms with Gasteiger partial charge in [0.2, 0.25) is 0 Å². The first-order valence-corrected chi connectivity index (χ1v) is 9.93. The number of anilines is 2. The van der Waals surface area contributed by atoms with Gasteiger partial charge in [0.05, 0.1) is 0 Å². The Balaban J connectivity index is 0.000000614. The summed E-state index contributed by atoms with van der Waals surface area (Å²) in [4.78, 5) is 19.0. The summed E-state index contributed by atoms with van der Waals surface area (Å²) < 4.78 is 6.07. The van der Waals surface area contributed by atoms with Gasteiger partial charge in [-0.15, -0.1) is 0 Å². The number of fused-ring (bicyclic) bond motifs is 1. The van der Waals surface area contributed by atoms with Crippen LogP contribution in [-0.2, 0) is 4.79 Å². The Morgan fingerprint density at radius 1 is 1.04 bits per heavy atom. The number of aromatic nitrogens is 1. The van der Waals surface area contributed by atoms with E-state index in [1.165, 1.54) is 11.3 Å². The van der Waals surface area contributed by atoms with Gasteiger partial charge in [-0.2, -0.15) is 0 Å².